The van der Waals surface area contributed by atoms with Gasteiger partial charge in [0, 0.05) is 24.0 Å². The quantitative estimate of drug-likeness (QED) is 0.588. The van der Waals surface area contributed by atoms with Crippen LogP contribution < -0.4 is 14.9 Å². The van der Waals surface area contributed by atoms with Crippen molar-refractivity contribution >= 4 is 50.8 Å². The van der Waals surface area contributed by atoms with E-state index in [1.165, 1.54) is 29.2 Å². The van der Waals surface area contributed by atoms with Crippen molar-refractivity contribution < 1.29 is 27.5 Å². The van der Waals surface area contributed by atoms with Crippen molar-refractivity contribution in [3.8, 4) is 0 Å². The first-order valence-corrected chi connectivity index (χ1v) is 11.7. The van der Waals surface area contributed by atoms with Gasteiger partial charge < -0.3 is 15.0 Å². The van der Waals surface area contributed by atoms with Crippen molar-refractivity contribution in [1.29, 1.82) is 0 Å². The molecule has 0 aliphatic carbocycles. The number of fused-ring (bicyclic) bond motifs is 1. The van der Waals surface area contributed by atoms with Gasteiger partial charge in [-0.05, 0) is 43.3 Å². The second-order valence-electron chi connectivity index (χ2n) is 7.14. The normalized spacial score (nSPS) is 16.0. The SMILES string of the molecule is C[C@H]1CC(=O)Nc2ccccc2N1C(=O)COC(=O)CCNS(=O)(=O)c1ccc(Cl)cc1. The van der Waals surface area contributed by atoms with Crippen molar-refractivity contribution in [2.45, 2.75) is 30.7 Å². The summed E-state index contributed by atoms with van der Waals surface area (Å²) in [5.74, 6) is -1.44. The number of nitrogens with one attached hydrogen (secondary N) is 2. The fourth-order valence-corrected chi connectivity index (χ4v) is 4.39. The number of esters is 1. The summed E-state index contributed by atoms with van der Waals surface area (Å²) >= 11 is 5.75. The smallest absolute Gasteiger partial charge is 0.307 e. The number of rotatable bonds is 7. The van der Waals surface area contributed by atoms with Crippen molar-refractivity contribution in [2.24, 2.45) is 0 Å². The average molecular weight is 480 g/mol. The fraction of sp³-hybridized carbons (Fsp3) is 0.286. The van der Waals surface area contributed by atoms with Crippen LogP contribution in [0.25, 0.3) is 0 Å². The summed E-state index contributed by atoms with van der Waals surface area (Å²) in [6.07, 6.45) is -0.160. The molecule has 0 bridgehead atoms. The molecule has 0 saturated heterocycles. The fourth-order valence-electron chi connectivity index (χ4n) is 3.24. The largest absolute Gasteiger partial charge is 0.456 e. The Balaban J connectivity index is 1.54. The predicted octanol–water partition coefficient (Wildman–Crippen LogP) is 2.32. The van der Waals surface area contributed by atoms with Crippen LogP contribution in [0.1, 0.15) is 19.8 Å². The highest BCUT2D eigenvalue weighted by Crippen LogP contribution is 2.31. The van der Waals surface area contributed by atoms with Crippen LogP contribution in [0.2, 0.25) is 5.02 Å². The first-order chi connectivity index (χ1) is 15.2. The van der Waals surface area contributed by atoms with Gasteiger partial charge in [0.1, 0.15) is 0 Å². The molecule has 0 fully saturated rings. The van der Waals surface area contributed by atoms with Gasteiger partial charge in [0.25, 0.3) is 5.91 Å². The minimum absolute atomic E-state index is 0.0161. The number of para-hydroxylation sites is 2. The Kier molecular flexibility index (Phi) is 7.49. The number of anilines is 2. The predicted molar refractivity (Wildman–Crippen MR) is 119 cm³/mol. The number of ether oxygens (including phenoxy) is 1. The zero-order valence-corrected chi connectivity index (χ0v) is 18.8. The minimum atomic E-state index is -3.80. The van der Waals surface area contributed by atoms with E-state index in [-0.39, 0.29) is 30.2 Å². The first kappa shape index (κ1) is 23.7. The summed E-state index contributed by atoms with van der Waals surface area (Å²) in [6.45, 7) is 1.00. The summed E-state index contributed by atoms with van der Waals surface area (Å²) in [5.41, 5.74) is 1.01. The Hall–Kier alpha value is -2.95. The summed E-state index contributed by atoms with van der Waals surface area (Å²) < 4.78 is 31.8. The number of sulfonamides is 1. The summed E-state index contributed by atoms with van der Waals surface area (Å²) in [4.78, 5) is 38.2. The maximum atomic E-state index is 12.8. The molecule has 2 N–H and O–H groups in total. The van der Waals surface area contributed by atoms with E-state index in [2.05, 4.69) is 10.0 Å². The van der Waals surface area contributed by atoms with Crippen molar-refractivity contribution in [3.05, 3.63) is 53.6 Å². The van der Waals surface area contributed by atoms with E-state index in [0.29, 0.717) is 16.4 Å². The molecule has 0 unspecified atom stereocenters. The van der Waals surface area contributed by atoms with Crippen LogP contribution in [0.15, 0.2) is 53.4 Å². The second-order valence-corrected chi connectivity index (χ2v) is 9.35. The van der Waals surface area contributed by atoms with Gasteiger partial charge in [-0.25, -0.2) is 13.1 Å². The molecule has 0 aromatic heterocycles. The van der Waals surface area contributed by atoms with Crippen LogP contribution in [0.3, 0.4) is 0 Å². The maximum Gasteiger partial charge on any atom is 0.307 e. The van der Waals surface area contributed by atoms with Crippen LogP contribution in [0.5, 0.6) is 0 Å². The number of carbonyl (C=O) groups excluding carboxylic acids is 3. The summed E-state index contributed by atoms with van der Waals surface area (Å²) in [7, 11) is -3.80. The van der Waals surface area contributed by atoms with Crippen LogP contribution in [-0.4, -0.2) is 45.4 Å². The number of nitrogens with zero attached hydrogens (tertiary/aromatic N) is 1. The molecule has 0 saturated carbocycles. The molecule has 1 aliphatic rings. The molecule has 11 heteroatoms. The maximum absolute atomic E-state index is 12.8. The molecule has 2 aromatic rings. The zero-order chi connectivity index (χ0) is 23.3. The number of carbonyl (C=O) groups is 3. The van der Waals surface area contributed by atoms with Gasteiger partial charge in [-0.3, -0.25) is 14.4 Å². The van der Waals surface area contributed by atoms with Gasteiger partial charge in [-0.1, -0.05) is 23.7 Å². The van der Waals surface area contributed by atoms with E-state index in [0.717, 1.165) is 0 Å². The monoisotopic (exact) mass is 479 g/mol. The molecule has 3 rings (SSSR count). The number of hydrogen-bond donors (Lipinski definition) is 2. The lowest BCUT2D eigenvalue weighted by Gasteiger charge is -2.27. The molecule has 9 nitrogen and oxygen atoms in total. The lowest BCUT2D eigenvalue weighted by molar-refractivity contribution is -0.147. The summed E-state index contributed by atoms with van der Waals surface area (Å²) in [5, 5.41) is 3.15. The average Bonchev–Trinajstić information content (AvgIpc) is 2.86. The van der Waals surface area contributed by atoms with E-state index < -0.39 is 34.5 Å². The number of benzene rings is 2. The minimum Gasteiger partial charge on any atom is -0.456 e. The molecule has 0 radical (unpaired) electrons. The van der Waals surface area contributed by atoms with Crippen LogP contribution in [-0.2, 0) is 29.1 Å². The van der Waals surface area contributed by atoms with Gasteiger partial charge in [-0.2, -0.15) is 0 Å². The standard InChI is InChI=1S/C21H22ClN3O6S/c1-14-12-19(26)24-17-4-2-3-5-18(17)25(14)20(27)13-31-21(28)10-11-23-32(29,30)16-8-6-15(22)7-9-16/h2-9,14,23H,10-13H2,1H3,(H,24,26)/t14-/m0/s1. The Morgan fingerprint density at radius 1 is 1.19 bits per heavy atom. The van der Waals surface area contributed by atoms with Crippen LogP contribution >= 0.6 is 11.6 Å². The molecule has 1 aliphatic heterocycles. The van der Waals surface area contributed by atoms with Gasteiger partial charge in [-0.15, -0.1) is 0 Å². The van der Waals surface area contributed by atoms with Gasteiger partial charge in [0.15, 0.2) is 6.61 Å². The van der Waals surface area contributed by atoms with E-state index in [1.807, 2.05) is 0 Å². The lowest BCUT2D eigenvalue weighted by atomic mass is 10.1. The van der Waals surface area contributed by atoms with E-state index in [9.17, 15) is 22.8 Å². The lowest BCUT2D eigenvalue weighted by Crippen LogP contribution is -2.41. The summed E-state index contributed by atoms with van der Waals surface area (Å²) in [6, 6.07) is 12.0. The number of halogens is 1. The van der Waals surface area contributed by atoms with Crippen molar-refractivity contribution in [3.63, 3.8) is 0 Å². The highest BCUT2D eigenvalue weighted by molar-refractivity contribution is 7.89. The van der Waals surface area contributed by atoms with Crippen LogP contribution in [0, 0.1) is 0 Å². The van der Waals surface area contributed by atoms with Crippen molar-refractivity contribution in [1.82, 2.24) is 4.72 Å². The molecule has 0 spiro atoms. The molecule has 1 atom stereocenters. The van der Waals surface area contributed by atoms with Crippen molar-refractivity contribution in [2.75, 3.05) is 23.4 Å². The van der Waals surface area contributed by atoms with E-state index in [4.69, 9.17) is 16.3 Å². The highest BCUT2D eigenvalue weighted by atomic mass is 35.5. The van der Waals surface area contributed by atoms with Crippen LogP contribution in [0.4, 0.5) is 11.4 Å². The molecule has 2 aromatic carbocycles. The molecule has 32 heavy (non-hydrogen) atoms. The van der Waals surface area contributed by atoms with Gasteiger partial charge in [0.05, 0.1) is 22.7 Å². The number of hydrogen-bond acceptors (Lipinski definition) is 6. The topological polar surface area (TPSA) is 122 Å². The van der Waals surface area contributed by atoms with Gasteiger partial charge in [0.2, 0.25) is 15.9 Å². The third-order valence-electron chi connectivity index (χ3n) is 4.73. The molecule has 1 heterocycles. The first-order valence-electron chi connectivity index (χ1n) is 9.79. The third-order valence-corrected chi connectivity index (χ3v) is 6.46. The second kappa shape index (κ2) is 10.1. The highest BCUT2D eigenvalue weighted by Gasteiger charge is 2.30. The third kappa shape index (κ3) is 5.84. The molecular weight excluding hydrogens is 458 g/mol. The molecular formula is C21H22ClN3O6S. The Labute approximate surface area is 190 Å². The Morgan fingerprint density at radius 3 is 2.59 bits per heavy atom. The number of amides is 2. The molecule has 2 amide bonds. The molecule has 170 valence electrons. The Morgan fingerprint density at radius 2 is 1.88 bits per heavy atom. The van der Waals surface area contributed by atoms with E-state index in [1.54, 1.807) is 31.2 Å². The van der Waals surface area contributed by atoms with Gasteiger partial charge >= 0.3 is 5.97 Å². The zero-order valence-electron chi connectivity index (χ0n) is 17.2. The Bertz CT molecular complexity index is 1120. The van der Waals surface area contributed by atoms with E-state index >= 15 is 0 Å².